The van der Waals surface area contributed by atoms with Gasteiger partial charge in [-0.15, -0.1) is 0 Å². The third-order valence-electron chi connectivity index (χ3n) is 2.18. The number of nitrogens with zero attached hydrogens (tertiary/aromatic N) is 1. The molecule has 0 saturated carbocycles. The van der Waals surface area contributed by atoms with Crippen molar-refractivity contribution in [3.8, 4) is 0 Å². The molecule has 0 atom stereocenters. The van der Waals surface area contributed by atoms with Crippen LogP contribution in [-0.4, -0.2) is 45.7 Å². The first-order valence-corrected chi connectivity index (χ1v) is 4.60. The maximum atomic E-state index is 13.2. The van der Waals surface area contributed by atoms with Crippen LogP contribution in [0, 0.1) is 17.6 Å². The minimum Gasteiger partial charge on any atom is -0.394 e. The number of aliphatic hydroxyl groups is 3. The van der Waals surface area contributed by atoms with Gasteiger partial charge in [0.1, 0.15) is 5.54 Å². The normalized spacial score (nSPS) is 11.6. The van der Waals surface area contributed by atoms with Crippen LogP contribution in [0.15, 0.2) is 6.07 Å². The topological polar surface area (TPSA) is 85.6 Å². The molecule has 0 bridgehead atoms. The van der Waals surface area contributed by atoms with Gasteiger partial charge in [0, 0.05) is 6.07 Å². The summed E-state index contributed by atoms with van der Waals surface area (Å²) in [5.41, 5.74) is -1.67. The number of halogens is 3. The quantitative estimate of drug-likeness (QED) is 0.537. The molecule has 1 heterocycles. The van der Waals surface area contributed by atoms with Crippen molar-refractivity contribution in [3.05, 3.63) is 23.6 Å². The van der Waals surface area contributed by atoms with Crippen LogP contribution in [0.1, 0.15) is 0 Å². The number of aromatic nitrogens is 1. The molecule has 0 amide bonds. The zero-order chi connectivity index (χ0) is 13.1. The largest absolute Gasteiger partial charge is 0.394 e. The number of hydrogen-bond donors (Lipinski definition) is 4. The summed E-state index contributed by atoms with van der Waals surface area (Å²) >= 11 is 0. The minimum atomic E-state index is -1.67. The number of aliphatic hydroxyl groups excluding tert-OH is 3. The molecule has 0 aliphatic rings. The molecular weight excluding hydrogens is 241 g/mol. The van der Waals surface area contributed by atoms with E-state index in [0.29, 0.717) is 0 Å². The van der Waals surface area contributed by atoms with Crippen molar-refractivity contribution in [2.24, 2.45) is 0 Å². The monoisotopic (exact) mass is 252 g/mol. The van der Waals surface area contributed by atoms with Crippen molar-refractivity contribution in [1.29, 1.82) is 0 Å². The maximum absolute atomic E-state index is 13.2. The van der Waals surface area contributed by atoms with Gasteiger partial charge in [-0.1, -0.05) is 0 Å². The summed E-state index contributed by atoms with van der Waals surface area (Å²) in [6.07, 6.45) is 0. The van der Waals surface area contributed by atoms with Crippen LogP contribution in [0.5, 0.6) is 0 Å². The van der Waals surface area contributed by atoms with E-state index in [1.165, 1.54) is 0 Å². The van der Waals surface area contributed by atoms with Crippen molar-refractivity contribution < 1.29 is 28.5 Å². The molecule has 96 valence electrons. The summed E-state index contributed by atoms with van der Waals surface area (Å²) < 4.78 is 38.5. The van der Waals surface area contributed by atoms with E-state index in [9.17, 15) is 13.2 Å². The molecule has 0 aliphatic heterocycles. The molecule has 17 heavy (non-hydrogen) atoms. The van der Waals surface area contributed by atoms with Gasteiger partial charge in [-0.3, -0.25) is 0 Å². The zero-order valence-corrected chi connectivity index (χ0v) is 8.62. The summed E-state index contributed by atoms with van der Waals surface area (Å²) in [7, 11) is 0. The third-order valence-corrected chi connectivity index (χ3v) is 2.18. The highest BCUT2D eigenvalue weighted by Gasteiger charge is 2.30. The average Bonchev–Trinajstić information content (AvgIpc) is 2.33. The lowest BCUT2D eigenvalue weighted by Crippen LogP contribution is -2.49. The van der Waals surface area contributed by atoms with Crippen molar-refractivity contribution in [3.63, 3.8) is 0 Å². The van der Waals surface area contributed by atoms with E-state index in [2.05, 4.69) is 10.3 Å². The van der Waals surface area contributed by atoms with Crippen LogP contribution in [0.4, 0.5) is 19.0 Å². The highest BCUT2D eigenvalue weighted by atomic mass is 19.2. The fourth-order valence-corrected chi connectivity index (χ4v) is 1.05. The molecule has 0 saturated heterocycles. The fourth-order valence-electron chi connectivity index (χ4n) is 1.05. The van der Waals surface area contributed by atoms with Crippen LogP contribution in [0.25, 0.3) is 0 Å². The Morgan fingerprint density at radius 2 is 1.59 bits per heavy atom. The van der Waals surface area contributed by atoms with Gasteiger partial charge in [-0.25, -0.2) is 8.78 Å². The lowest BCUT2D eigenvalue weighted by atomic mass is 10.0. The van der Waals surface area contributed by atoms with Gasteiger partial charge >= 0.3 is 0 Å². The maximum Gasteiger partial charge on any atom is 0.251 e. The number of anilines is 1. The molecule has 8 heteroatoms. The Kier molecular flexibility index (Phi) is 4.27. The second-order valence-electron chi connectivity index (χ2n) is 3.47. The summed E-state index contributed by atoms with van der Waals surface area (Å²) in [5, 5.41) is 29.0. The van der Waals surface area contributed by atoms with E-state index < -0.39 is 48.8 Å². The van der Waals surface area contributed by atoms with Gasteiger partial charge in [0.15, 0.2) is 17.5 Å². The fraction of sp³-hybridized carbons (Fsp3) is 0.444. The molecular formula is C9H11F3N2O3. The smallest absolute Gasteiger partial charge is 0.251 e. The standard InChI is InChI=1S/C9H11F3N2O3/c10-5-1-6(11)8(13-7(5)12)14-9(2-15,3-16)4-17/h1,15-17H,2-4H2,(H,13,14). The van der Waals surface area contributed by atoms with Gasteiger partial charge < -0.3 is 20.6 Å². The first-order valence-electron chi connectivity index (χ1n) is 4.60. The Morgan fingerprint density at radius 3 is 2.06 bits per heavy atom. The van der Waals surface area contributed by atoms with Gasteiger partial charge in [0.05, 0.1) is 19.8 Å². The molecule has 0 aliphatic carbocycles. The average molecular weight is 252 g/mol. The van der Waals surface area contributed by atoms with Crippen molar-refractivity contribution in [1.82, 2.24) is 4.98 Å². The van der Waals surface area contributed by atoms with Crippen LogP contribution in [0.3, 0.4) is 0 Å². The molecule has 0 unspecified atom stereocenters. The number of hydrogen-bond acceptors (Lipinski definition) is 5. The van der Waals surface area contributed by atoms with E-state index >= 15 is 0 Å². The molecule has 0 aromatic carbocycles. The molecule has 0 spiro atoms. The molecule has 0 radical (unpaired) electrons. The van der Waals surface area contributed by atoms with Crippen molar-refractivity contribution >= 4 is 5.82 Å². The number of nitrogens with one attached hydrogen (secondary N) is 1. The van der Waals surface area contributed by atoms with E-state index in [-0.39, 0.29) is 6.07 Å². The van der Waals surface area contributed by atoms with Gasteiger partial charge in [-0.05, 0) is 0 Å². The first-order chi connectivity index (χ1) is 7.98. The first kappa shape index (κ1) is 13.7. The van der Waals surface area contributed by atoms with E-state index in [1.54, 1.807) is 0 Å². The van der Waals surface area contributed by atoms with Crippen molar-refractivity contribution in [2.75, 3.05) is 25.1 Å². The zero-order valence-electron chi connectivity index (χ0n) is 8.62. The second-order valence-corrected chi connectivity index (χ2v) is 3.47. The molecule has 0 fully saturated rings. The summed E-state index contributed by atoms with van der Waals surface area (Å²) in [6, 6.07) is 0.265. The Morgan fingerprint density at radius 1 is 1.06 bits per heavy atom. The van der Waals surface area contributed by atoms with E-state index in [1.807, 2.05) is 0 Å². The van der Waals surface area contributed by atoms with Gasteiger partial charge in [0.2, 0.25) is 0 Å². The Bertz CT molecular complexity index is 391. The third kappa shape index (κ3) is 2.84. The Hall–Kier alpha value is -1.38. The molecule has 1 aromatic heterocycles. The van der Waals surface area contributed by atoms with Crippen LogP contribution in [-0.2, 0) is 0 Å². The number of pyridine rings is 1. The SMILES string of the molecule is OCC(CO)(CO)Nc1nc(F)c(F)cc1F. The molecule has 1 aromatic rings. The summed E-state index contributed by atoms with van der Waals surface area (Å²) in [4.78, 5) is 2.94. The number of rotatable bonds is 5. The van der Waals surface area contributed by atoms with Crippen LogP contribution < -0.4 is 5.32 Å². The predicted octanol–water partition coefficient (Wildman–Crippen LogP) is -0.374. The Labute approximate surface area is 94.5 Å². The molecule has 1 rings (SSSR count). The Balaban J connectivity index is 3.05. The van der Waals surface area contributed by atoms with Crippen molar-refractivity contribution in [2.45, 2.75) is 5.54 Å². The highest BCUT2D eigenvalue weighted by Crippen LogP contribution is 2.18. The van der Waals surface area contributed by atoms with Crippen LogP contribution >= 0.6 is 0 Å². The summed E-state index contributed by atoms with van der Waals surface area (Å²) in [6.45, 7) is -2.25. The lowest BCUT2D eigenvalue weighted by Gasteiger charge is -2.29. The van der Waals surface area contributed by atoms with E-state index in [0.717, 1.165) is 0 Å². The second kappa shape index (κ2) is 5.30. The molecule has 4 N–H and O–H groups in total. The predicted molar refractivity (Wildman–Crippen MR) is 51.7 cm³/mol. The van der Waals surface area contributed by atoms with Gasteiger partial charge in [0.25, 0.3) is 5.95 Å². The van der Waals surface area contributed by atoms with Gasteiger partial charge in [-0.2, -0.15) is 9.37 Å². The minimum absolute atomic E-state index is 0.265. The van der Waals surface area contributed by atoms with E-state index in [4.69, 9.17) is 15.3 Å². The highest BCUT2D eigenvalue weighted by molar-refractivity contribution is 5.39. The lowest BCUT2D eigenvalue weighted by molar-refractivity contribution is 0.0828. The summed E-state index contributed by atoms with van der Waals surface area (Å²) in [5.74, 6) is -4.91. The van der Waals surface area contributed by atoms with Crippen LogP contribution in [0.2, 0.25) is 0 Å². The molecule has 5 nitrogen and oxygen atoms in total.